The summed E-state index contributed by atoms with van der Waals surface area (Å²) in [6.45, 7) is 0. The zero-order valence-electron chi connectivity index (χ0n) is 22.2. The lowest BCUT2D eigenvalue weighted by molar-refractivity contribution is -0.617. The van der Waals surface area contributed by atoms with E-state index in [1.807, 2.05) is 12.1 Å². The summed E-state index contributed by atoms with van der Waals surface area (Å²) in [5.74, 6) is -0.954. The molecular formula is C34H23N2O3S2+. The second-order valence-corrected chi connectivity index (χ2v) is 12.4. The number of rotatable bonds is 2. The van der Waals surface area contributed by atoms with Gasteiger partial charge in [-0.1, -0.05) is 42.5 Å². The summed E-state index contributed by atoms with van der Waals surface area (Å²) >= 11 is 3.45. The van der Waals surface area contributed by atoms with Gasteiger partial charge >= 0.3 is 5.97 Å². The minimum atomic E-state index is -0.954. The van der Waals surface area contributed by atoms with E-state index in [1.54, 1.807) is 34.8 Å². The lowest BCUT2D eigenvalue weighted by atomic mass is 9.93. The Morgan fingerprint density at radius 3 is 2.22 bits per heavy atom. The van der Waals surface area contributed by atoms with E-state index in [4.69, 9.17) is 4.42 Å². The molecule has 7 heteroatoms. The molecule has 1 N–H and O–H groups in total. The maximum atomic E-state index is 12.4. The van der Waals surface area contributed by atoms with Crippen LogP contribution in [0.15, 0.2) is 101 Å². The van der Waals surface area contributed by atoms with Gasteiger partial charge in [-0.25, -0.2) is 4.79 Å². The highest BCUT2D eigenvalue weighted by molar-refractivity contribution is 7.24. The number of hydrogen-bond donors (Lipinski definition) is 1. The minimum Gasteiger partial charge on any atom is -0.478 e. The number of hydrogen-bond acceptors (Lipinski definition) is 4. The van der Waals surface area contributed by atoms with Gasteiger partial charge in [-0.05, 0) is 42.0 Å². The zero-order chi connectivity index (χ0) is 27.8. The van der Waals surface area contributed by atoms with Crippen LogP contribution in [0.25, 0.3) is 73.9 Å². The number of carboxylic acids is 1. The maximum absolute atomic E-state index is 12.4. The first-order valence-electron chi connectivity index (χ1n) is 13.2. The molecule has 0 saturated heterocycles. The van der Waals surface area contributed by atoms with E-state index >= 15 is 0 Å². The van der Waals surface area contributed by atoms with Crippen LogP contribution in [-0.2, 0) is 14.1 Å². The quantitative estimate of drug-likeness (QED) is 0.166. The van der Waals surface area contributed by atoms with Gasteiger partial charge in [-0.2, -0.15) is 4.57 Å². The molecular weight excluding hydrogens is 549 g/mol. The molecule has 5 nitrogen and oxygen atoms in total. The van der Waals surface area contributed by atoms with Crippen LogP contribution in [0.4, 0.5) is 0 Å². The fraction of sp³-hybridized carbons (Fsp3) is 0.0588. The third-order valence-electron chi connectivity index (χ3n) is 7.92. The normalized spacial score (nSPS) is 11.9. The molecule has 8 aromatic rings. The highest BCUT2D eigenvalue weighted by Gasteiger charge is 2.22. The fourth-order valence-corrected chi connectivity index (χ4v) is 8.27. The predicted molar refractivity (Wildman–Crippen MR) is 170 cm³/mol. The summed E-state index contributed by atoms with van der Waals surface area (Å²) in [7, 11) is 4.15. The summed E-state index contributed by atoms with van der Waals surface area (Å²) in [5, 5.41) is 12.0. The Balaban J connectivity index is 1.59. The van der Waals surface area contributed by atoms with Crippen molar-refractivity contribution in [1.82, 2.24) is 4.57 Å². The Morgan fingerprint density at radius 2 is 1.39 bits per heavy atom. The Labute approximate surface area is 242 Å². The van der Waals surface area contributed by atoms with Crippen molar-refractivity contribution in [2.24, 2.45) is 14.1 Å². The average Bonchev–Trinajstić information content (AvgIpc) is 2.99. The van der Waals surface area contributed by atoms with E-state index in [-0.39, 0.29) is 5.56 Å². The SMILES string of the molecule is Cn1c2ccccc2sc2cc3c(-c4ccccc4C(=O)O)c4cc5sc6ccccc6[n+](C)c5cc4oc3cc21. The van der Waals surface area contributed by atoms with Crippen LogP contribution in [0.3, 0.4) is 0 Å². The van der Waals surface area contributed by atoms with E-state index in [0.717, 1.165) is 47.8 Å². The number of nitrogens with zero attached hydrogens (tertiary/aromatic N) is 2. The molecule has 0 amide bonds. The highest BCUT2D eigenvalue weighted by Crippen LogP contribution is 2.42. The number of aryl methyl sites for hydroxylation is 2. The van der Waals surface area contributed by atoms with Crippen molar-refractivity contribution in [2.45, 2.75) is 0 Å². The second kappa shape index (κ2) is 8.89. The first-order chi connectivity index (χ1) is 20.0. The van der Waals surface area contributed by atoms with Gasteiger partial charge in [0, 0.05) is 35.5 Å². The first-order valence-corrected chi connectivity index (χ1v) is 14.9. The first kappa shape index (κ1) is 24.1. The summed E-state index contributed by atoms with van der Waals surface area (Å²) in [4.78, 5) is 12.4. The molecule has 8 rings (SSSR count). The molecule has 41 heavy (non-hydrogen) atoms. The summed E-state index contributed by atoms with van der Waals surface area (Å²) in [6.07, 6.45) is 0. The molecule has 0 aliphatic rings. The Morgan fingerprint density at radius 1 is 0.732 bits per heavy atom. The monoisotopic (exact) mass is 571 g/mol. The second-order valence-electron chi connectivity index (χ2n) is 10.2. The van der Waals surface area contributed by atoms with Gasteiger partial charge in [-0.3, -0.25) is 0 Å². The van der Waals surface area contributed by atoms with Crippen LogP contribution in [-0.4, -0.2) is 15.6 Å². The van der Waals surface area contributed by atoms with Crippen LogP contribution in [0.1, 0.15) is 10.4 Å². The van der Waals surface area contributed by atoms with E-state index in [9.17, 15) is 9.90 Å². The topological polar surface area (TPSA) is 59.3 Å². The molecule has 0 saturated carbocycles. The largest absolute Gasteiger partial charge is 0.478 e. The van der Waals surface area contributed by atoms with Gasteiger partial charge in [0.1, 0.15) is 22.9 Å². The predicted octanol–water partition coefficient (Wildman–Crippen LogP) is 8.97. The minimum absolute atomic E-state index is 0.266. The number of aromatic carboxylic acids is 1. The number of carboxylic acid groups (broad SMARTS) is 1. The molecule has 0 spiro atoms. The molecule has 0 radical (unpaired) electrons. The third-order valence-corrected chi connectivity index (χ3v) is 10.1. The molecule has 198 valence electrons. The molecule has 0 bridgehead atoms. The van der Waals surface area contributed by atoms with Crippen molar-refractivity contribution in [3.8, 4) is 11.1 Å². The maximum Gasteiger partial charge on any atom is 0.336 e. The highest BCUT2D eigenvalue weighted by atomic mass is 32.1. The van der Waals surface area contributed by atoms with Crippen molar-refractivity contribution in [1.29, 1.82) is 0 Å². The number of fused-ring (bicyclic) bond motifs is 6. The standard InChI is InChI=1S/C34H22N2O3S2/c1-35-23-11-5-7-13-29(23)40-31-15-21-27(17-25(31)35)39-28-18-26-32(41-30-14-8-6-12-24(30)36(26)2)16-22(28)33(21)19-9-3-4-10-20(19)34(37)38/h3-18H,1-2H3/p+1. The van der Waals surface area contributed by atoms with E-state index < -0.39 is 5.97 Å². The number of aromatic nitrogens is 2. The van der Waals surface area contributed by atoms with Crippen molar-refractivity contribution in [2.75, 3.05) is 0 Å². The lowest BCUT2D eigenvalue weighted by Gasteiger charge is -2.16. The zero-order valence-corrected chi connectivity index (χ0v) is 23.8. The molecule has 0 atom stereocenters. The average molecular weight is 572 g/mol. The van der Waals surface area contributed by atoms with Crippen molar-refractivity contribution in [3.05, 3.63) is 103 Å². The van der Waals surface area contributed by atoms with Gasteiger partial charge in [0.15, 0.2) is 0 Å². The van der Waals surface area contributed by atoms with Gasteiger partial charge in [-0.15, -0.1) is 22.7 Å². The summed E-state index contributed by atoms with van der Waals surface area (Å²) in [6, 6.07) is 32.5. The number of carbonyl (C=O) groups is 1. The number of para-hydroxylation sites is 2. The van der Waals surface area contributed by atoms with Crippen molar-refractivity contribution in [3.63, 3.8) is 0 Å². The molecule has 5 aromatic carbocycles. The van der Waals surface area contributed by atoms with E-state index in [1.165, 1.54) is 9.40 Å². The molecule has 3 heterocycles. The smallest absolute Gasteiger partial charge is 0.336 e. The Kier molecular flexibility index (Phi) is 5.23. The van der Waals surface area contributed by atoms with Crippen LogP contribution in [0.5, 0.6) is 0 Å². The Bertz CT molecular complexity index is 2300. The van der Waals surface area contributed by atoms with Crippen LogP contribution >= 0.6 is 22.7 Å². The van der Waals surface area contributed by atoms with Crippen molar-refractivity contribution >= 4 is 91.4 Å². The van der Waals surface area contributed by atoms with E-state index in [2.05, 4.69) is 96.0 Å². The van der Waals surface area contributed by atoms with E-state index in [0.29, 0.717) is 16.7 Å². The fourth-order valence-electron chi connectivity index (χ4n) is 5.92. The van der Waals surface area contributed by atoms with Crippen LogP contribution < -0.4 is 4.57 Å². The Hall–Kier alpha value is -4.72. The van der Waals surface area contributed by atoms with Crippen LogP contribution in [0.2, 0.25) is 0 Å². The van der Waals surface area contributed by atoms with Crippen LogP contribution in [0, 0.1) is 0 Å². The molecule has 0 aliphatic heterocycles. The van der Waals surface area contributed by atoms with Gasteiger partial charge in [0.2, 0.25) is 11.0 Å². The van der Waals surface area contributed by atoms with Gasteiger partial charge in [0.05, 0.1) is 36.8 Å². The number of benzene rings is 5. The molecule has 0 aliphatic carbocycles. The van der Waals surface area contributed by atoms with Gasteiger partial charge < -0.3 is 14.1 Å². The molecule has 0 fully saturated rings. The third kappa shape index (κ3) is 3.59. The summed E-state index contributed by atoms with van der Waals surface area (Å²) in [5.41, 5.74) is 7.64. The lowest BCUT2D eigenvalue weighted by Crippen LogP contribution is -2.29. The molecule has 0 unspecified atom stereocenters. The summed E-state index contributed by atoms with van der Waals surface area (Å²) < 4.78 is 15.6. The molecule has 3 aromatic heterocycles. The van der Waals surface area contributed by atoms with Crippen molar-refractivity contribution < 1.29 is 18.9 Å². The van der Waals surface area contributed by atoms with Gasteiger partial charge in [0.25, 0.3) is 0 Å².